The van der Waals surface area contributed by atoms with Gasteiger partial charge in [-0.25, -0.2) is 4.99 Å². The zero-order valence-corrected chi connectivity index (χ0v) is 13.0. The van der Waals surface area contributed by atoms with Crippen LogP contribution in [0.1, 0.15) is 20.8 Å². The molecule has 19 heavy (non-hydrogen) atoms. The quantitative estimate of drug-likeness (QED) is 0.777. The molecule has 2 rings (SSSR count). The van der Waals surface area contributed by atoms with E-state index in [4.69, 9.17) is 0 Å². The van der Waals surface area contributed by atoms with Gasteiger partial charge in [0.2, 0.25) is 5.69 Å². The Labute approximate surface area is 125 Å². The van der Waals surface area contributed by atoms with Gasteiger partial charge in [-0.3, -0.25) is 0 Å². The lowest BCUT2D eigenvalue weighted by Crippen LogP contribution is -3.00. The molecular formula is C16H18ClNS. The van der Waals surface area contributed by atoms with Crippen molar-refractivity contribution in [2.24, 2.45) is 0 Å². The fourth-order valence-electron chi connectivity index (χ4n) is 1.61. The van der Waals surface area contributed by atoms with Gasteiger partial charge in [-0.2, -0.15) is 0 Å². The minimum Gasteiger partial charge on any atom is -1.00 e. The SMILES string of the molecule is CC1=C(C)S/C(=C(\C)C=[NH+]c2ccccc2)C=C1.[Cl-]. The summed E-state index contributed by atoms with van der Waals surface area (Å²) in [4.78, 5) is 6.00. The van der Waals surface area contributed by atoms with Crippen LogP contribution < -0.4 is 17.4 Å². The summed E-state index contributed by atoms with van der Waals surface area (Å²) in [5.41, 5.74) is 3.73. The van der Waals surface area contributed by atoms with Crippen molar-refractivity contribution >= 4 is 23.7 Å². The standard InChI is InChI=1S/C16H17NS.ClH/c1-12-9-10-16(18-14(12)3)13(2)11-17-15-7-5-4-6-8-15;/h4-11H,1-3H3;1H/b16-13+,17-11?;. The fourth-order valence-corrected chi connectivity index (χ4v) is 2.52. The summed E-state index contributed by atoms with van der Waals surface area (Å²) in [6.07, 6.45) is 6.43. The van der Waals surface area contributed by atoms with Gasteiger partial charge >= 0.3 is 0 Å². The van der Waals surface area contributed by atoms with Gasteiger partial charge in [0.1, 0.15) is 0 Å². The second-order valence-corrected chi connectivity index (χ2v) is 5.63. The number of benzene rings is 1. The molecule has 1 heterocycles. The van der Waals surface area contributed by atoms with E-state index >= 15 is 0 Å². The number of thioether (sulfide) groups is 1. The molecular weight excluding hydrogens is 274 g/mol. The van der Waals surface area contributed by atoms with E-state index < -0.39 is 0 Å². The first kappa shape index (κ1) is 15.8. The first-order valence-electron chi connectivity index (χ1n) is 6.06. The number of halogens is 1. The van der Waals surface area contributed by atoms with Crippen molar-refractivity contribution in [2.75, 3.05) is 0 Å². The molecule has 0 unspecified atom stereocenters. The third kappa shape index (κ3) is 4.41. The number of hydrogen-bond acceptors (Lipinski definition) is 1. The number of allylic oxidation sites excluding steroid dienone is 5. The molecule has 100 valence electrons. The van der Waals surface area contributed by atoms with Gasteiger partial charge in [-0.1, -0.05) is 36.0 Å². The summed E-state index contributed by atoms with van der Waals surface area (Å²) < 4.78 is 0. The van der Waals surface area contributed by atoms with Crippen LogP contribution in [-0.4, -0.2) is 6.21 Å². The molecule has 0 aliphatic carbocycles. The van der Waals surface area contributed by atoms with Gasteiger partial charge in [-0.15, -0.1) is 0 Å². The van der Waals surface area contributed by atoms with E-state index in [1.807, 2.05) is 30.0 Å². The summed E-state index contributed by atoms with van der Waals surface area (Å²) in [6.45, 7) is 6.45. The predicted molar refractivity (Wildman–Crippen MR) is 80.9 cm³/mol. The van der Waals surface area contributed by atoms with Gasteiger partial charge in [-0.05, 0) is 37.3 Å². The van der Waals surface area contributed by atoms with Crippen molar-refractivity contribution in [1.29, 1.82) is 0 Å². The molecule has 1 nitrogen and oxygen atoms in total. The Balaban J connectivity index is 0.00000180. The largest absolute Gasteiger partial charge is 1.00 e. The third-order valence-corrected chi connectivity index (χ3v) is 4.23. The van der Waals surface area contributed by atoms with Gasteiger partial charge in [0, 0.05) is 22.6 Å². The highest BCUT2D eigenvalue weighted by Crippen LogP contribution is 2.34. The molecule has 3 heteroatoms. The minimum absolute atomic E-state index is 0. The van der Waals surface area contributed by atoms with Crippen molar-refractivity contribution in [2.45, 2.75) is 20.8 Å². The molecule has 1 aromatic rings. The average molecular weight is 292 g/mol. The first-order valence-corrected chi connectivity index (χ1v) is 6.87. The Hall–Kier alpha value is -1.25. The maximum absolute atomic E-state index is 3.32. The van der Waals surface area contributed by atoms with Crippen molar-refractivity contribution in [3.63, 3.8) is 0 Å². The van der Waals surface area contributed by atoms with Crippen LogP contribution in [0.5, 0.6) is 0 Å². The number of rotatable bonds is 2. The maximum atomic E-state index is 3.32. The van der Waals surface area contributed by atoms with Crippen LogP contribution in [0.15, 0.2) is 63.4 Å². The summed E-state index contributed by atoms with van der Waals surface area (Å²) in [6, 6.07) is 10.2. The topological polar surface area (TPSA) is 14.0 Å². The Morgan fingerprint density at radius 3 is 2.42 bits per heavy atom. The molecule has 1 aliphatic rings. The van der Waals surface area contributed by atoms with Crippen LogP contribution >= 0.6 is 11.8 Å². The molecule has 0 spiro atoms. The van der Waals surface area contributed by atoms with E-state index in [0.29, 0.717) is 0 Å². The van der Waals surface area contributed by atoms with Crippen LogP contribution in [0.25, 0.3) is 0 Å². The highest BCUT2D eigenvalue weighted by Gasteiger charge is 2.08. The van der Waals surface area contributed by atoms with E-state index in [9.17, 15) is 0 Å². The molecule has 1 N–H and O–H groups in total. The molecule has 1 aromatic carbocycles. The van der Waals surface area contributed by atoms with Gasteiger partial charge in [0.05, 0.1) is 0 Å². The van der Waals surface area contributed by atoms with E-state index in [1.165, 1.54) is 21.0 Å². The average Bonchev–Trinajstić information content (AvgIpc) is 2.40. The van der Waals surface area contributed by atoms with Crippen molar-refractivity contribution in [3.05, 3.63) is 63.4 Å². The van der Waals surface area contributed by atoms with E-state index in [-0.39, 0.29) is 12.4 Å². The molecule has 0 atom stereocenters. The van der Waals surface area contributed by atoms with Crippen LogP contribution in [0.4, 0.5) is 5.69 Å². The molecule has 0 bridgehead atoms. The second-order valence-electron chi connectivity index (χ2n) is 4.38. The molecule has 1 aliphatic heterocycles. The lowest BCUT2D eigenvalue weighted by atomic mass is 10.2. The van der Waals surface area contributed by atoms with Gasteiger partial charge < -0.3 is 12.4 Å². The monoisotopic (exact) mass is 291 g/mol. The smallest absolute Gasteiger partial charge is 0.203 e. The van der Waals surface area contributed by atoms with E-state index in [0.717, 1.165) is 5.69 Å². The Morgan fingerprint density at radius 2 is 1.79 bits per heavy atom. The van der Waals surface area contributed by atoms with Crippen molar-refractivity contribution in [3.8, 4) is 0 Å². The van der Waals surface area contributed by atoms with Crippen molar-refractivity contribution in [1.82, 2.24) is 0 Å². The van der Waals surface area contributed by atoms with Crippen LogP contribution in [0, 0.1) is 0 Å². The maximum Gasteiger partial charge on any atom is 0.203 e. The Kier molecular flexibility index (Phi) is 6.13. The summed E-state index contributed by atoms with van der Waals surface area (Å²) in [5.74, 6) is 0. The highest BCUT2D eigenvalue weighted by molar-refractivity contribution is 8.07. The van der Waals surface area contributed by atoms with Crippen molar-refractivity contribution < 1.29 is 17.4 Å². The summed E-state index contributed by atoms with van der Waals surface area (Å²) in [5, 5.41) is 0. The molecule has 0 fully saturated rings. The first-order chi connectivity index (χ1) is 8.66. The highest BCUT2D eigenvalue weighted by atomic mass is 35.5. The number of para-hydroxylation sites is 1. The summed E-state index contributed by atoms with van der Waals surface area (Å²) in [7, 11) is 0. The molecule has 0 radical (unpaired) electrons. The van der Waals surface area contributed by atoms with Gasteiger partial charge in [0.15, 0.2) is 6.21 Å². The Bertz CT molecular complexity index is 553. The molecule has 0 amide bonds. The zero-order chi connectivity index (χ0) is 13.0. The summed E-state index contributed by atoms with van der Waals surface area (Å²) >= 11 is 1.84. The van der Waals surface area contributed by atoms with E-state index in [1.54, 1.807) is 0 Å². The van der Waals surface area contributed by atoms with Crippen LogP contribution in [0.3, 0.4) is 0 Å². The molecule has 0 saturated carbocycles. The minimum atomic E-state index is 0. The molecule has 0 aromatic heterocycles. The Morgan fingerprint density at radius 1 is 1.11 bits per heavy atom. The van der Waals surface area contributed by atoms with Crippen LogP contribution in [-0.2, 0) is 0 Å². The fraction of sp³-hybridized carbons (Fsp3) is 0.188. The number of hydrogen-bond donors (Lipinski definition) is 1. The van der Waals surface area contributed by atoms with E-state index in [2.05, 4.69) is 56.3 Å². The second kappa shape index (κ2) is 7.37. The zero-order valence-electron chi connectivity index (χ0n) is 11.4. The number of nitrogens with one attached hydrogen (secondary N) is 1. The lowest BCUT2D eigenvalue weighted by Gasteiger charge is -2.11. The normalized spacial score (nSPS) is 17.6. The molecule has 0 saturated heterocycles. The van der Waals surface area contributed by atoms with Crippen LogP contribution in [0.2, 0.25) is 0 Å². The third-order valence-electron chi connectivity index (χ3n) is 2.92. The predicted octanol–water partition coefficient (Wildman–Crippen LogP) is 0.344. The van der Waals surface area contributed by atoms with Gasteiger partial charge in [0.25, 0.3) is 0 Å². The lowest BCUT2D eigenvalue weighted by molar-refractivity contribution is -0.347.